The lowest BCUT2D eigenvalue weighted by molar-refractivity contribution is 1.23. The van der Waals surface area contributed by atoms with Crippen molar-refractivity contribution in [2.24, 2.45) is 0 Å². The predicted octanol–water partition coefficient (Wildman–Crippen LogP) is 6.06. The van der Waals surface area contributed by atoms with Gasteiger partial charge in [0.05, 0.1) is 5.39 Å². The summed E-state index contributed by atoms with van der Waals surface area (Å²) in [6.07, 6.45) is 1.59. The zero-order chi connectivity index (χ0) is 16.5. The summed E-state index contributed by atoms with van der Waals surface area (Å²) in [5, 5.41) is 7.28. The molecule has 0 spiro atoms. The Morgan fingerprint density at radius 1 is 1.04 bits per heavy atom. The van der Waals surface area contributed by atoms with E-state index < -0.39 is 0 Å². The van der Waals surface area contributed by atoms with Gasteiger partial charge in [-0.25, -0.2) is 9.97 Å². The summed E-state index contributed by atoms with van der Waals surface area (Å²) in [4.78, 5) is 9.85. The first-order valence-corrected chi connectivity index (χ1v) is 8.79. The number of nitrogens with zero attached hydrogens (tertiary/aromatic N) is 2. The van der Waals surface area contributed by atoms with Crippen molar-refractivity contribution in [3.8, 4) is 11.1 Å². The van der Waals surface area contributed by atoms with Crippen molar-refractivity contribution in [3.63, 3.8) is 0 Å². The lowest BCUT2D eigenvalue weighted by Crippen LogP contribution is -1.97. The highest BCUT2D eigenvalue weighted by Gasteiger charge is 2.13. The first-order valence-electron chi connectivity index (χ1n) is 7.53. The number of aryl methyl sites for hydroxylation is 1. The Bertz CT molecular complexity index is 1010. The molecule has 4 rings (SSSR count). The number of nitrogens with one attached hydrogen (secondary N) is 1. The molecule has 2 aromatic carbocycles. The van der Waals surface area contributed by atoms with Crippen molar-refractivity contribution in [2.75, 3.05) is 5.32 Å². The summed E-state index contributed by atoms with van der Waals surface area (Å²) in [6, 6.07) is 16.1. The maximum absolute atomic E-state index is 6.14. The first-order chi connectivity index (χ1) is 11.7. The van der Waals surface area contributed by atoms with Gasteiger partial charge < -0.3 is 5.32 Å². The molecule has 0 amide bonds. The van der Waals surface area contributed by atoms with Crippen LogP contribution in [0, 0.1) is 6.92 Å². The highest BCUT2D eigenvalue weighted by atomic mass is 35.5. The fourth-order valence-corrected chi connectivity index (χ4v) is 3.74. The van der Waals surface area contributed by atoms with Gasteiger partial charge in [0.15, 0.2) is 0 Å². The molecule has 0 saturated heterocycles. The van der Waals surface area contributed by atoms with Crippen LogP contribution in [0.2, 0.25) is 5.02 Å². The number of aromatic nitrogens is 2. The molecule has 24 heavy (non-hydrogen) atoms. The molecule has 0 atom stereocenters. The summed E-state index contributed by atoms with van der Waals surface area (Å²) in [5.41, 5.74) is 4.36. The minimum atomic E-state index is 0.696. The van der Waals surface area contributed by atoms with Crippen molar-refractivity contribution >= 4 is 44.7 Å². The number of anilines is 2. The van der Waals surface area contributed by atoms with Crippen LogP contribution in [0.25, 0.3) is 21.3 Å². The van der Waals surface area contributed by atoms with Gasteiger partial charge in [0.2, 0.25) is 0 Å². The molecule has 4 aromatic rings. The normalized spacial score (nSPS) is 10.9. The fraction of sp³-hybridized carbons (Fsp3) is 0.0526. The van der Waals surface area contributed by atoms with Crippen LogP contribution >= 0.6 is 22.9 Å². The largest absolute Gasteiger partial charge is 0.339 e. The fourth-order valence-electron chi connectivity index (χ4n) is 2.66. The topological polar surface area (TPSA) is 37.8 Å². The lowest BCUT2D eigenvalue weighted by atomic mass is 10.1. The monoisotopic (exact) mass is 351 g/mol. The van der Waals surface area contributed by atoms with Crippen molar-refractivity contribution in [1.29, 1.82) is 0 Å². The van der Waals surface area contributed by atoms with E-state index in [1.54, 1.807) is 17.7 Å². The van der Waals surface area contributed by atoms with E-state index in [1.807, 2.05) is 43.3 Å². The van der Waals surface area contributed by atoms with E-state index in [1.165, 1.54) is 0 Å². The summed E-state index contributed by atoms with van der Waals surface area (Å²) in [6.45, 7) is 2.04. The number of benzene rings is 2. The molecule has 5 heteroatoms. The highest BCUT2D eigenvalue weighted by Crippen LogP contribution is 2.37. The Balaban J connectivity index is 1.87. The number of rotatable bonds is 3. The van der Waals surface area contributed by atoms with Crippen LogP contribution in [0.3, 0.4) is 0 Å². The minimum Gasteiger partial charge on any atom is -0.339 e. The van der Waals surface area contributed by atoms with Crippen LogP contribution in [0.15, 0.2) is 60.2 Å². The summed E-state index contributed by atoms with van der Waals surface area (Å²) >= 11 is 7.76. The molecule has 0 saturated carbocycles. The third kappa shape index (κ3) is 2.75. The van der Waals surface area contributed by atoms with E-state index in [-0.39, 0.29) is 0 Å². The first kappa shape index (κ1) is 15.1. The second-order valence-electron chi connectivity index (χ2n) is 5.50. The zero-order valence-corrected chi connectivity index (χ0v) is 14.5. The Hall–Kier alpha value is -2.43. The van der Waals surface area contributed by atoms with Gasteiger partial charge in [-0.3, -0.25) is 0 Å². The third-order valence-electron chi connectivity index (χ3n) is 3.91. The molecule has 0 aliphatic carbocycles. The Morgan fingerprint density at radius 3 is 2.71 bits per heavy atom. The standard InChI is InChI=1S/C19H14ClN3S/c1-12-7-8-14(20)9-16(12)23-18-17-15(13-5-3-2-4-6-13)10-24-19(17)22-11-21-18/h2-11H,1H3,(H,21,22,23). The molecule has 0 aliphatic heterocycles. The van der Waals surface area contributed by atoms with Gasteiger partial charge in [-0.2, -0.15) is 0 Å². The molecule has 2 aromatic heterocycles. The van der Waals surface area contributed by atoms with Crippen molar-refractivity contribution in [2.45, 2.75) is 6.92 Å². The smallest absolute Gasteiger partial charge is 0.143 e. The van der Waals surface area contributed by atoms with Gasteiger partial charge in [0.25, 0.3) is 0 Å². The average Bonchev–Trinajstić information content (AvgIpc) is 3.04. The number of fused-ring (bicyclic) bond motifs is 1. The van der Waals surface area contributed by atoms with Gasteiger partial charge in [0.1, 0.15) is 17.0 Å². The highest BCUT2D eigenvalue weighted by molar-refractivity contribution is 7.17. The summed E-state index contributed by atoms with van der Waals surface area (Å²) in [5.74, 6) is 0.797. The van der Waals surface area contributed by atoms with Crippen LogP contribution < -0.4 is 5.32 Å². The van der Waals surface area contributed by atoms with Crippen LogP contribution in [-0.2, 0) is 0 Å². The quantitative estimate of drug-likeness (QED) is 0.487. The van der Waals surface area contributed by atoms with E-state index in [2.05, 4.69) is 32.8 Å². The van der Waals surface area contributed by atoms with Crippen molar-refractivity contribution in [1.82, 2.24) is 9.97 Å². The molecular formula is C19H14ClN3S. The van der Waals surface area contributed by atoms with E-state index in [0.29, 0.717) is 5.02 Å². The number of hydrogen-bond donors (Lipinski definition) is 1. The number of halogens is 1. The van der Waals surface area contributed by atoms with E-state index in [0.717, 1.165) is 38.4 Å². The van der Waals surface area contributed by atoms with Crippen molar-refractivity contribution < 1.29 is 0 Å². The molecule has 0 radical (unpaired) electrons. The molecule has 3 nitrogen and oxygen atoms in total. The molecule has 118 valence electrons. The lowest BCUT2D eigenvalue weighted by Gasteiger charge is -2.11. The molecule has 1 N–H and O–H groups in total. The molecular weight excluding hydrogens is 338 g/mol. The number of hydrogen-bond acceptors (Lipinski definition) is 4. The van der Waals surface area contributed by atoms with Gasteiger partial charge >= 0.3 is 0 Å². The second-order valence-corrected chi connectivity index (χ2v) is 6.80. The second kappa shape index (κ2) is 6.23. The van der Waals surface area contributed by atoms with E-state index in [9.17, 15) is 0 Å². The van der Waals surface area contributed by atoms with Crippen LogP contribution in [-0.4, -0.2) is 9.97 Å². The zero-order valence-electron chi connectivity index (χ0n) is 13.0. The van der Waals surface area contributed by atoms with E-state index in [4.69, 9.17) is 11.6 Å². The third-order valence-corrected chi connectivity index (χ3v) is 5.03. The van der Waals surface area contributed by atoms with Crippen LogP contribution in [0.5, 0.6) is 0 Å². The Labute approximate surface area is 149 Å². The Kier molecular flexibility index (Phi) is 3.92. The van der Waals surface area contributed by atoms with Crippen LogP contribution in [0.1, 0.15) is 5.56 Å². The van der Waals surface area contributed by atoms with E-state index >= 15 is 0 Å². The molecule has 0 aliphatic rings. The molecule has 2 heterocycles. The average molecular weight is 352 g/mol. The van der Waals surface area contributed by atoms with Gasteiger partial charge in [-0.15, -0.1) is 11.3 Å². The predicted molar refractivity (Wildman–Crippen MR) is 102 cm³/mol. The van der Waals surface area contributed by atoms with Gasteiger partial charge in [-0.1, -0.05) is 48.0 Å². The van der Waals surface area contributed by atoms with Gasteiger partial charge in [0, 0.05) is 21.7 Å². The minimum absolute atomic E-state index is 0.696. The van der Waals surface area contributed by atoms with Crippen LogP contribution in [0.4, 0.5) is 11.5 Å². The summed E-state index contributed by atoms with van der Waals surface area (Å²) < 4.78 is 0. The summed E-state index contributed by atoms with van der Waals surface area (Å²) in [7, 11) is 0. The molecule has 0 fully saturated rings. The SMILES string of the molecule is Cc1ccc(Cl)cc1Nc1ncnc2scc(-c3ccccc3)c12. The Morgan fingerprint density at radius 2 is 1.88 bits per heavy atom. The maximum Gasteiger partial charge on any atom is 0.143 e. The van der Waals surface area contributed by atoms with Crippen molar-refractivity contribution in [3.05, 3.63) is 70.8 Å². The molecule has 0 unspecified atom stereocenters. The maximum atomic E-state index is 6.14. The molecule has 0 bridgehead atoms. The van der Waals surface area contributed by atoms with Gasteiger partial charge in [-0.05, 0) is 30.2 Å². The number of thiophene rings is 1.